The van der Waals surface area contributed by atoms with E-state index in [4.69, 9.17) is 4.74 Å². The molecule has 2 heterocycles. The Hall–Kier alpha value is -2.66. The molecule has 27 heavy (non-hydrogen) atoms. The number of likely N-dealkylation sites (tertiary alicyclic amines) is 1. The lowest BCUT2D eigenvalue weighted by atomic mass is 10.1. The van der Waals surface area contributed by atoms with E-state index in [1.165, 1.54) is 32.4 Å². The number of hydrogen-bond donors (Lipinski definition) is 1. The molecule has 2 aromatic carbocycles. The number of H-pyrrole nitrogens is 1. The maximum absolute atomic E-state index is 12.4. The first kappa shape index (κ1) is 17.7. The molecule has 5 heteroatoms. The van der Waals surface area contributed by atoms with Crippen LogP contribution in [0.1, 0.15) is 25.7 Å². The van der Waals surface area contributed by atoms with Crippen molar-refractivity contribution >= 4 is 10.9 Å². The SMILES string of the molecule is O=c1[nH]c(-c2ccccc2OCCCN2CCCCC2)nc2ccccc12. The fraction of sp³-hybridized carbons (Fsp3) is 0.364. The molecule has 1 saturated heterocycles. The first-order valence-electron chi connectivity index (χ1n) is 9.75. The molecule has 1 fully saturated rings. The second-order valence-corrected chi connectivity index (χ2v) is 7.03. The van der Waals surface area contributed by atoms with Crippen LogP contribution in [0.2, 0.25) is 0 Å². The third-order valence-electron chi connectivity index (χ3n) is 5.08. The molecule has 1 aliphatic rings. The van der Waals surface area contributed by atoms with Crippen molar-refractivity contribution in [2.75, 3.05) is 26.2 Å². The van der Waals surface area contributed by atoms with E-state index < -0.39 is 0 Å². The van der Waals surface area contributed by atoms with Crippen molar-refractivity contribution in [3.8, 4) is 17.1 Å². The minimum Gasteiger partial charge on any atom is -0.493 e. The van der Waals surface area contributed by atoms with Crippen molar-refractivity contribution in [2.24, 2.45) is 0 Å². The van der Waals surface area contributed by atoms with Gasteiger partial charge in [-0.1, -0.05) is 30.7 Å². The van der Waals surface area contributed by atoms with Crippen LogP contribution in [0.4, 0.5) is 0 Å². The predicted octanol–water partition coefficient (Wildman–Crippen LogP) is 3.84. The molecule has 0 atom stereocenters. The highest BCUT2D eigenvalue weighted by molar-refractivity contribution is 5.80. The van der Waals surface area contributed by atoms with Crippen LogP contribution in [0.5, 0.6) is 5.75 Å². The molecular formula is C22H25N3O2. The molecule has 5 nitrogen and oxygen atoms in total. The summed E-state index contributed by atoms with van der Waals surface area (Å²) in [5.41, 5.74) is 1.38. The average Bonchev–Trinajstić information content (AvgIpc) is 2.72. The van der Waals surface area contributed by atoms with Gasteiger partial charge in [0, 0.05) is 6.54 Å². The lowest BCUT2D eigenvalue weighted by Gasteiger charge is -2.26. The van der Waals surface area contributed by atoms with E-state index in [0.29, 0.717) is 23.3 Å². The van der Waals surface area contributed by atoms with E-state index in [2.05, 4.69) is 14.9 Å². The summed E-state index contributed by atoms with van der Waals surface area (Å²) < 4.78 is 6.05. The number of para-hydroxylation sites is 2. The third-order valence-corrected chi connectivity index (χ3v) is 5.08. The summed E-state index contributed by atoms with van der Waals surface area (Å²) >= 11 is 0. The Balaban J connectivity index is 1.49. The zero-order valence-corrected chi connectivity index (χ0v) is 15.5. The first-order valence-corrected chi connectivity index (χ1v) is 9.75. The minimum atomic E-state index is -0.129. The smallest absolute Gasteiger partial charge is 0.259 e. The molecule has 4 rings (SSSR count). The van der Waals surface area contributed by atoms with Gasteiger partial charge < -0.3 is 14.6 Å². The summed E-state index contributed by atoms with van der Waals surface area (Å²) in [6.45, 7) is 4.15. The van der Waals surface area contributed by atoms with Crippen molar-refractivity contribution in [1.29, 1.82) is 0 Å². The van der Waals surface area contributed by atoms with Gasteiger partial charge in [-0.2, -0.15) is 0 Å². The number of fused-ring (bicyclic) bond motifs is 1. The monoisotopic (exact) mass is 363 g/mol. The summed E-state index contributed by atoms with van der Waals surface area (Å²) in [5.74, 6) is 1.31. The second-order valence-electron chi connectivity index (χ2n) is 7.03. The molecule has 1 N–H and O–H groups in total. The summed E-state index contributed by atoms with van der Waals surface area (Å²) in [6, 6.07) is 15.1. The van der Waals surface area contributed by atoms with E-state index in [-0.39, 0.29) is 5.56 Å². The van der Waals surface area contributed by atoms with Crippen LogP contribution in [0, 0.1) is 0 Å². The Morgan fingerprint density at radius 2 is 1.78 bits per heavy atom. The van der Waals surface area contributed by atoms with E-state index in [9.17, 15) is 4.79 Å². The molecular weight excluding hydrogens is 338 g/mol. The van der Waals surface area contributed by atoms with Gasteiger partial charge in [0.05, 0.1) is 23.1 Å². The number of ether oxygens (including phenoxy) is 1. The lowest BCUT2D eigenvalue weighted by molar-refractivity contribution is 0.205. The predicted molar refractivity (Wildman–Crippen MR) is 108 cm³/mol. The molecule has 0 radical (unpaired) electrons. The summed E-state index contributed by atoms with van der Waals surface area (Å²) in [7, 11) is 0. The highest BCUT2D eigenvalue weighted by atomic mass is 16.5. The largest absolute Gasteiger partial charge is 0.493 e. The summed E-state index contributed by atoms with van der Waals surface area (Å²) in [6.07, 6.45) is 4.97. The lowest BCUT2D eigenvalue weighted by Crippen LogP contribution is -2.31. The zero-order chi connectivity index (χ0) is 18.5. The molecule has 0 amide bonds. The Morgan fingerprint density at radius 3 is 2.67 bits per heavy atom. The Labute approximate surface area is 159 Å². The fourth-order valence-corrected chi connectivity index (χ4v) is 3.66. The maximum atomic E-state index is 12.4. The number of aromatic amines is 1. The fourth-order valence-electron chi connectivity index (χ4n) is 3.66. The number of benzene rings is 2. The topological polar surface area (TPSA) is 58.2 Å². The molecule has 0 bridgehead atoms. The van der Waals surface area contributed by atoms with Gasteiger partial charge >= 0.3 is 0 Å². The minimum absolute atomic E-state index is 0.129. The van der Waals surface area contributed by atoms with Crippen molar-refractivity contribution in [2.45, 2.75) is 25.7 Å². The molecule has 0 spiro atoms. The van der Waals surface area contributed by atoms with Crippen molar-refractivity contribution in [3.05, 3.63) is 58.9 Å². The molecule has 0 aliphatic carbocycles. The third kappa shape index (κ3) is 4.19. The molecule has 3 aromatic rings. The van der Waals surface area contributed by atoms with E-state index in [1.54, 1.807) is 6.07 Å². The van der Waals surface area contributed by atoms with E-state index in [1.807, 2.05) is 42.5 Å². The van der Waals surface area contributed by atoms with Gasteiger partial charge in [-0.05, 0) is 56.6 Å². The summed E-state index contributed by atoms with van der Waals surface area (Å²) in [4.78, 5) is 22.4. The van der Waals surface area contributed by atoms with Crippen LogP contribution in [-0.4, -0.2) is 41.1 Å². The van der Waals surface area contributed by atoms with Gasteiger partial charge in [0.25, 0.3) is 5.56 Å². The van der Waals surface area contributed by atoms with Crippen LogP contribution in [0.15, 0.2) is 53.3 Å². The number of rotatable bonds is 6. The zero-order valence-electron chi connectivity index (χ0n) is 15.5. The number of hydrogen-bond acceptors (Lipinski definition) is 4. The van der Waals surface area contributed by atoms with Gasteiger partial charge in [0.2, 0.25) is 0 Å². The number of aromatic nitrogens is 2. The van der Waals surface area contributed by atoms with Gasteiger partial charge in [-0.25, -0.2) is 4.98 Å². The van der Waals surface area contributed by atoms with E-state index >= 15 is 0 Å². The highest BCUT2D eigenvalue weighted by Gasteiger charge is 2.12. The number of nitrogens with zero attached hydrogens (tertiary/aromatic N) is 2. The van der Waals surface area contributed by atoms with Crippen molar-refractivity contribution in [3.63, 3.8) is 0 Å². The Bertz CT molecular complexity index is 961. The number of nitrogens with one attached hydrogen (secondary N) is 1. The van der Waals surface area contributed by atoms with Gasteiger partial charge in [-0.15, -0.1) is 0 Å². The molecule has 1 aliphatic heterocycles. The quantitative estimate of drug-likeness (QED) is 0.676. The Morgan fingerprint density at radius 1 is 1.00 bits per heavy atom. The van der Waals surface area contributed by atoms with Crippen LogP contribution in [0.3, 0.4) is 0 Å². The van der Waals surface area contributed by atoms with E-state index in [0.717, 1.165) is 24.3 Å². The number of piperidine rings is 1. The van der Waals surface area contributed by atoms with Crippen LogP contribution in [0.25, 0.3) is 22.3 Å². The van der Waals surface area contributed by atoms with Gasteiger partial charge in [0.1, 0.15) is 11.6 Å². The normalized spacial score (nSPS) is 15.1. The average molecular weight is 363 g/mol. The van der Waals surface area contributed by atoms with Crippen molar-refractivity contribution < 1.29 is 4.74 Å². The van der Waals surface area contributed by atoms with Crippen LogP contribution < -0.4 is 10.3 Å². The van der Waals surface area contributed by atoms with Crippen LogP contribution in [-0.2, 0) is 0 Å². The molecule has 140 valence electrons. The maximum Gasteiger partial charge on any atom is 0.259 e. The highest BCUT2D eigenvalue weighted by Crippen LogP contribution is 2.27. The first-order chi connectivity index (χ1) is 13.3. The second kappa shape index (κ2) is 8.35. The van der Waals surface area contributed by atoms with Crippen molar-refractivity contribution in [1.82, 2.24) is 14.9 Å². The van der Waals surface area contributed by atoms with Gasteiger partial charge in [0.15, 0.2) is 0 Å². The molecule has 1 aromatic heterocycles. The van der Waals surface area contributed by atoms with Gasteiger partial charge in [-0.3, -0.25) is 4.79 Å². The standard InChI is InChI=1S/C22H25N3O2/c26-22-17-9-2-4-11-19(17)23-21(24-22)18-10-3-5-12-20(18)27-16-8-15-25-13-6-1-7-14-25/h2-5,9-12H,1,6-8,13-16H2,(H,23,24,26). The molecule has 0 unspecified atom stereocenters. The summed E-state index contributed by atoms with van der Waals surface area (Å²) in [5, 5.41) is 0.598. The molecule has 0 saturated carbocycles. The van der Waals surface area contributed by atoms with Crippen LogP contribution >= 0.6 is 0 Å². The Kier molecular flexibility index (Phi) is 5.49.